The minimum Gasteiger partial charge on any atom is -0.373 e. The Labute approximate surface area is 200 Å². The van der Waals surface area contributed by atoms with Crippen LogP contribution in [0.2, 0.25) is 0 Å². The molecular formula is C28H32FN3O2. The van der Waals surface area contributed by atoms with Gasteiger partial charge in [-0.15, -0.1) is 0 Å². The Morgan fingerprint density at radius 2 is 2.06 bits per heavy atom. The third-order valence-electron chi connectivity index (χ3n) is 7.24. The summed E-state index contributed by atoms with van der Waals surface area (Å²) in [6.07, 6.45) is 2.75. The van der Waals surface area contributed by atoms with Crippen LogP contribution in [0.25, 0.3) is 10.8 Å². The largest absolute Gasteiger partial charge is 0.373 e. The molecule has 0 spiro atoms. The Morgan fingerprint density at radius 1 is 1.15 bits per heavy atom. The molecule has 3 aromatic rings. The van der Waals surface area contributed by atoms with Crippen molar-refractivity contribution >= 4 is 22.9 Å². The minimum absolute atomic E-state index is 0.120. The van der Waals surface area contributed by atoms with Crippen LogP contribution in [-0.4, -0.2) is 50.1 Å². The molecule has 0 saturated carbocycles. The lowest BCUT2D eigenvalue weighted by Crippen LogP contribution is -2.52. The van der Waals surface area contributed by atoms with Crippen LogP contribution in [0.5, 0.6) is 0 Å². The average Bonchev–Trinajstić information content (AvgIpc) is 2.86. The van der Waals surface area contributed by atoms with Crippen LogP contribution < -0.4 is 10.2 Å². The second-order valence-electron chi connectivity index (χ2n) is 9.40. The summed E-state index contributed by atoms with van der Waals surface area (Å²) in [7, 11) is 0. The van der Waals surface area contributed by atoms with Crippen LogP contribution >= 0.6 is 0 Å². The van der Waals surface area contributed by atoms with Crippen molar-refractivity contribution in [2.24, 2.45) is 0 Å². The van der Waals surface area contributed by atoms with Crippen molar-refractivity contribution in [2.45, 2.75) is 38.5 Å². The maximum atomic E-state index is 13.7. The predicted molar refractivity (Wildman–Crippen MR) is 134 cm³/mol. The van der Waals surface area contributed by atoms with Crippen LogP contribution in [0.1, 0.15) is 36.1 Å². The highest BCUT2D eigenvalue weighted by atomic mass is 19.1. The first kappa shape index (κ1) is 22.8. The average molecular weight is 462 g/mol. The van der Waals surface area contributed by atoms with E-state index in [0.717, 1.165) is 68.4 Å². The van der Waals surface area contributed by atoms with Crippen molar-refractivity contribution in [3.63, 3.8) is 0 Å². The normalized spacial score (nSPS) is 20.8. The smallest absolute Gasteiger partial charge is 0.207 e. The highest BCUT2D eigenvalue weighted by Gasteiger charge is 2.27. The second kappa shape index (κ2) is 10.1. The maximum absolute atomic E-state index is 13.7. The fourth-order valence-corrected chi connectivity index (χ4v) is 5.44. The first-order valence-corrected chi connectivity index (χ1v) is 12.2. The van der Waals surface area contributed by atoms with E-state index in [4.69, 9.17) is 4.74 Å². The number of carbonyl (C=O) groups is 1. The first-order chi connectivity index (χ1) is 16.6. The fraction of sp³-hybridized carbons (Fsp3) is 0.393. The molecule has 0 bridgehead atoms. The molecule has 2 heterocycles. The van der Waals surface area contributed by atoms with Gasteiger partial charge in [0.15, 0.2) is 0 Å². The molecule has 5 rings (SSSR count). The van der Waals surface area contributed by atoms with Crippen molar-refractivity contribution in [3.05, 3.63) is 77.1 Å². The predicted octanol–water partition coefficient (Wildman–Crippen LogP) is 4.44. The molecule has 3 aromatic carbocycles. The summed E-state index contributed by atoms with van der Waals surface area (Å²) in [5.41, 5.74) is 4.95. The van der Waals surface area contributed by atoms with E-state index in [2.05, 4.69) is 46.3 Å². The number of nitrogens with one attached hydrogen (secondary N) is 1. The standard InChI is InChI=1S/C28H32FN3O2/c1-20-18-32(27-4-2-3-22-16-24(29)6-8-25(22)27)13-12-31(20)11-9-28-26-7-5-21(17-30-19-33)15-23(26)10-14-34-28/h2-8,15-16,19-20,28H,9-14,17-18H2,1H3,(H,30,33)/t20-,28?/m1/s1. The van der Waals surface area contributed by atoms with Gasteiger partial charge >= 0.3 is 0 Å². The van der Waals surface area contributed by atoms with Crippen molar-refractivity contribution in [1.29, 1.82) is 0 Å². The van der Waals surface area contributed by atoms with E-state index in [1.54, 1.807) is 12.1 Å². The highest BCUT2D eigenvalue weighted by molar-refractivity contribution is 5.94. The van der Waals surface area contributed by atoms with Gasteiger partial charge in [0.2, 0.25) is 6.41 Å². The molecule has 0 aromatic heterocycles. The summed E-state index contributed by atoms with van der Waals surface area (Å²) >= 11 is 0. The number of hydrogen-bond donors (Lipinski definition) is 1. The van der Waals surface area contributed by atoms with E-state index in [0.29, 0.717) is 12.6 Å². The SMILES string of the molecule is C[C@@H]1CN(c2cccc3cc(F)ccc23)CCN1CCC1OCCc2cc(CNC=O)ccc21. The monoisotopic (exact) mass is 461 g/mol. The zero-order valence-electron chi connectivity index (χ0n) is 19.7. The Morgan fingerprint density at radius 3 is 2.91 bits per heavy atom. The molecule has 0 radical (unpaired) electrons. The molecule has 2 aliphatic heterocycles. The van der Waals surface area contributed by atoms with Gasteiger partial charge in [0.1, 0.15) is 5.82 Å². The van der Waals surface area contributed by atoms with Gasteiger partial charge in [-0.1, -0.05) is 30.3 Å². The lowest BCUT2D eigenvalue weighted by molar-refractivity contribution is -0.109. The lowest BCUT2D eigenvalue weighted by atomic mass is 9.93. The lowest BCUT2D eigenvalue weighted by Gasteiger charge is -2.42. The van der Waals surface area contributed by atoms with Gasteiger partial charge in [0.25, 0.3) is 0 Å². The molecule has 0 aliphatic carbocycles. The molecule has 1 amide bonds. The van der Waals surface area contributed by atoms with Crippen LogP contribution in [0.15, 0.2) is 54.6 Å². The van der Waals surface area contributed by atoms with E-state index in [1.807, 2.05) is 18.2 Å². The molecule has 5 nitrogen and oxygen atoms in total. The molecular weight excluding hydrogens is 429 g/mol. The molecule has 178 valence electrons. The number of nitrogens with zero attached hydrogens (tertiary/aromatic N) is 2. The van der Waals surface area contributed by atoms with Crippen LogP contribution in [0, 0.1) is 5.82 Å². The summed E-state index contributed by atoms with van der Waals surface area (Å²) in [5.74, 6) is -0.191. The summed E-state index contributed by atoms with van der Waals surface area (Å²) in [4.78, 5) is 15.6. The van der Waals surface area contributed by atoms with Crippen LogP contribution in [0.3, 0.4) is 0 Å². The highest BCUT2D eigenvalue weighted by Crippen LogP contribution is 2.32. The number of benzene rings is 3. The number of carbonyl (C=O) groups excluding carboxylic acids is 1. The van der Waals surface area contributed by atoms with E-state index < -0.39 is 0 Å². The number of anilines is 1. The summed E-state index contributed by atoms with van der Waals surface area (Å²) in [5, 5.41) is 4.80. The Hall–Kier alpha value is -2.96. The zero-order chi connectivity index (χ0) is 23.5. The number of fused-ring (bicyclic) bond motifs is 2. The third-order valence-corrected chi connectivity index (χ3v) is 7.24. The van der Waals surface area contributed by atoms with Gasteiger partial charge in [0.05, 0.1) is 12.7 Å². The molecule has 1 fully saturated rings. The number of halogens is 1. The Bertz CT molecular complexity index is 1170. The third kappa shape index (κ3) is 4.79. The molecule has 34 heavy (non-hydrogen) atoms. The van der Waals surface area contributed by atoms with E-state index in [-0.39, 0.29) is 11.9 Å². The molecule has 2 aliphatic rings. The second-order valence-corrected chi connectivity index (χ2v) is 9.40. The number of hydrogen-bond acceptors (Lipinski definition) is 4. The number of amides is 1. The molecule has 2 atom stereocenters. The quantitative estimate of drug-likeness (QED) is 0.529. The van der Waals surface area contributed by atoms with Gasteiger partial charge < -0.3 is 15.0 Å². The van der Waals surface area contributed by atoms with Gasteiger partial charge in [-0.2, -0.15) is 0 Å². The minimum atomic E-state index is -0.191. The molecule has 1 saturated heterocycles. The first-order valence-electron chi connectivity index (χ1n) is 12.2. The summed E-state index contributed by atoms with van der Waals surface area (Å²) < 4.78 is 19.8. The van der Waals surface area contributed by atoms with Gasteiger partial charge in [0, 0.05) is 49.8 Å². The van der Waals surface area contributed by atoms with Gasteiger partial charge in [-0.3, -0.25) is 9.69 Å². The number of ether oxygens (including phenoxy) is 1. The van der Waals surface area contributed by atoms with Crippen molar-refractivity contribution < 1.29 is 13.9 Å². The van der Waals surface area contributed by atoms with Crippen molar-refractivity contribution in [1.82, 2.24) is 10.2 Å². The van der Waals surface area contributed by atoms with Crippen LogP contribution in [0.4, 0.5) is 10.1 Å². The fourth-order valence-electron chi connectivity index (χ4n) is 5.44. The van der Waals surface area contributed by atoms with E-state index >= 15 is 0 Å². The van der Waals surface area contributed by atoms with Gasteiger partial charge in [-0.05, 0) is 66.1 Å². The van der Waals surface area contributed by atoms with E-state index in [1.165, 1.54) is 16.8 Å². The molecule has 1 unspecified atom stereocenters. The Kier molecular flexibility index (Phi) is 6.79. The Balaban J connectivity index is 1.22. The summed E-state index contributed by atoms with van der Waals surface area (Å²) in [6, 6.07) is 18.1. The number of piperazine rings is 1. The molecule has 6 heteroatoms. The maximum Gasteiger partial charge on any atom is 0.207 e. The van der Waals surface area contributed by atoms with Crippen molar-refractivity contribution in [3.8, 4) is 0 Å². The van der Waals surface area contributed by atoms with Crippen LogP contribution in [-0.2, 0) is 22.5 Å². The van der Waals surface area contributed by atoms with Gasteiger partial charge in [-0.25, -0.2) is 4.39 Å². The van der Waals surface area contributed by atoms with Crippen molar-refractivity contribution in [2.75, 3.05) is 37.7 Å². The van der Waals surface area contributed by atoms with E-state index in [9.17, 15) is 9.18 Å². The summed E-state index contributed by atoms with van der Waals surface area (Å²) in [6.45, 7) is 7.49. The topological polar surface area (TPSA) is 44.8 Å². The number of rotatable bonds is 7. The zero-order valence-corrected chi connectivity index (χ0v) is 19.7. The molecule has 1 N–H and O–H groups in total.